The Bertz CT molecular complexity index is 962. The molecule has 2 rings (SSSR count). The standard InChI is InChI=1S/C20H26N2O9/c1-11-9-22(20(28)21-19(11)27)16-8-14(31-18(26)7-5-13(3)24)15(30-16)10-29-17(25)6-4-12(2)23/h9,14-16H,4-8,10H2,1-3H3,(H,21,27,28)/t14-,15+,16+/m1/s1. The van der Waals surface area contributed by atoms with Gasteiger partial charge >= 0.3 is 17.6 Å². The van der Waals surface area contributed by atoms with E-state index in [2.05, 4.69) is 4.98 Å². The first-order valence-corrected chi connectivity index (χ1v) is 9.88. The van der Waals surface area contributed by atoms with Crippen molar-refractivity contribution in [1.82, 2.24) is 9.55 Å². The van der Waals surface area contributed by atoms with Gasteiger partial charge in [-0.3, -0.25) is 23.9 Å². The number of ether oxygens (including phenoxy) is 3. The highest BCUT2D eigenvalue weighted by Crippen LogP contribution is 2.30. The van der Waals surface area contributed by atoms with Crippen LogP contribution in [0, 0.1) is 6.92 Å². The lowest BCUT2D eigenvalue weighted by Gasteiger charge is -2.19. The summed E-state index contributed by atoms with van der Waals surface area (Å²) in [5.74, 6) is -1.55. The van der Waals surface area contributed by atoms with Gasteiger partial charge in [-0.1, -0.05) is 0 Å². The van der Waals surface area contributed by atoms with E-state index in [9.17, 15) is 28.8 Å². The molecule has 0 aliphatic carbocycles. The van der Waals surface area contributed by atoms with Crippen LogP contribution in [0.15, 0.2) is 15.8 Å². The number of esters is 2. The molecule has 0 amide bonds. The number of nitrogens with one attached hydrogen (secondary N) is 1. The van der Waals surface area contributed by atoms with Crippen LogP contribution in [-0.2, 0) is 33.4 Å². The lowest BCUT2D eigenvalue weighted by Crippen LogP contribution is -2.33. The van der Waals surface area contributed by atoms with E-state index in [0.29, 0.717) is 0 Å². The van der Waals surface area contributed by atoms with Crippen molar-refractivity contribution in [2.24, 2.45) is 0 Å². The maximum atomic E-state index is 12.2. The number of aryl methyl sites for hydroxylation is 1. The number of H-pyrrole nitrogens is 1. The summed E-state index contributed by atoms with van der Waals surface area (Å²) in [6.07, 6.45) is -1.30. The number of carbonyl (C=O) groups is 4. The zero-order chi connectivity index (χ0) is 23.1. The summed E-state index contributed by atoms with van der Waals surface area (Å²) in [6.45, 7) is 3.99. The van der Waals surface area contributed by atoms with E-state index in [1.807, 2.05) is 0 Å². The smallest absolute Gasteiger partial charge is 0.330 e. The van der Waals surface area contributed by atoms with Gasteiger partial charge in [0.25, 0.3) is 5.56 Å². The number of aromatic amines is 1. The molecular weight excluding hydrogens is 412 g/mol. The Kier molecular flexibility index (Phi) is 8.43. The Morgan fingerprint density at radius 3 is 2.29 bits per heavy atom. The summed E-state index contributed by atoms with van der Waals surface area (Å²) in [7, 11) is 0. The van der Waals surface area contributed by atoms with Gasteiger partial charge in [-0.15, -0.1) is 0 Å². The number of aromatic nitrogens is 2. The molecular formula is C20H26N2O9. The van der Waals surface area contributed by atoms with Crippen molar-refractivity contribution in [3.8, 4) is 0 Å². The molecule has 11 heteroatoms. The second-order valence-electron chi connectivity index (χ2n) is 7.46. The monoisotopic (exact) mass is 438 g/mol. The third kappa shape index (κ3) is 7.28. The highest BCUT2D eigenvalue weighted by atomic mass is 16.6. The Balaban J connectivity index is 2.11. The second-order valence-corrected chi connectivity index (χ2v) is 7.46. The SMILES string of the molecule is CC(=O)CCC(=O)OC[C@@H]1O[C@H](n2cc(C)c(=O)[nH]c2=O)C[C@H]1OC(=O)CCC(C)=O. The molecule has 170 valence electrons. The summed E-state index contributed by atoms with van der Waals surface area (Å²) < 4.78 is 17.5. The van der Waals surface area contributed by atoms with Gasteiger partial charge in [-0.25, -0.2) is 4.79 Å². The van der Waals surface area contributed by atoms with E-state index < -0.39 is 41.6 Å². The largest absolute Gasteiger partial charge is 0.463 e. The van der Waals surface area contributed by atoms with E-state index >= 15 is 0 Å². The molecule has 31 heavy (non-hydrogen) atoms. The highest BCUT2D eigenvalue weighted by molar-refractivity contribution is 5.81. The molecule has 2 heterocycles. The average Bonchev–Trinajstić information content (AvgIpc) is 3.08. The molecule has 1 saturated heterocycles. The molecule has 0 unspecified atom stereocenters. The van der Waals surface area contributed by atoms with Crippen molar-refractivity contribution in [2.75, 3.05) is 6.61 Å². The van der Waals surface area contributed by atoms with Gasteiger partial charge in [-0.05, 0) is 20.8 Å². The van der Waals surface area contributed by atoms with Crippen molar-refractivity contribution < 1.29 is 33.4 Å². The van der Waals surface area contributed by atoms with Crippen LogP contribution in [0.3, 0.4) is 0 Å². The van der Waals surface area contributed by atoms with Crippen molar-refractivity contribution >= 4 is 23.5 Å². The number of hydrogen-bond donors (Lipinski definition) is 1. The van der Waals surface area contributed by atoms with Gasteiger partial charge in [0.05, 0.1) is 12.8 Å². The zero-order valence-corrected chi connectivity index (χ0v) is 17.7. The van der Waals surface area contributed by atoms with Crippen LogP contribution in [0.4, 0.5) is 0 Å². The summed E-state index contributed by atoms with van der Waals surface area (Å²) in [5.41, 5.74) is -0.930. The molecule has 0 aromatic carbocycles. The van der Waals surface area contributed by atoms with Gasteiger partial charge in [0.2, 0.25) is 0 Å². The molecule has 1 aliphatic heterocycles. The molecule has 0 bridgehead atoms. The maximum absolute atomic E-state index is 12.2. The van der Waals surface area contributed by atoms with E-state index in [1.165, 1.54) is 31.5 Å². The predicted molar refractivity (Wildman–Crippen MR) is 105 cm³/mol. The molecule has 0 radical (unpaired) electrons. The van der Waals surface area contributed by atoms with E-state index in [-0.39, 0.29) is 55.8 Å². The van der Waals surface area contributed by atoms with Gasteiger partial charge in [0, 0.05) is 31.0 Å². The molecule has 3 atom stereocenters. The summed E-state index contributed by atoms with van der Waals surface area (Å²) in [5, 5.41) is 0. The number of nitrogens with zero attached hydrogens (tertiary/aromatic N) is 1. The van der Waals surface area contributed by atoms with Crippen LogP contribution in [0.25, 0.3) is 0 Å². The highest BCUT2D eigenvalue weighted by Gasteiger charge is 2.40. The quantitative estimate of drug-likeness (QED) is 0.509. The third-order valence-corrected chi connectivity index (χ3v) is 4.69. The average molecular weight is 438 g/mol. The Labute approximate surface area is 177 Å². The van der Waals surface area contributed by atoms with Crippen LogP contribution in [0.2, 0.25) is 0 Å². The number of hydrogen-bond acceptors (Lipinski definition) is 9. The lowest BCUT2D eigenvalue weighted by molar-refractivity contribution is -0.159. The fourth-order valence-electron chi connectivity index (χ4n) is 2.98. The number of ketones is 2. The first-order valence-electron chi connectivity index (χ1n) is 9.88. The van der Waals surface area contributed by atoms with Crippen LogP contribution < -0.4 is 11.2 Å². The topological polar surface area (TPSA) is 151 Å². The first-order chi connectivity index (χ1) is 14.6. The van der Waals surface area contributed by atoms with Gasteiger partial charge in [0.1, 0.15) is 36.6 Å². The molecule has 1 fully saturated rings. The number of rotatable bonds is 10. The molecule has 0 saturated carbocycles. The first kappa shape index (κ1) is 24.2. The van der Waals surface area contributed by atoms with Gasteiger partial charge < -0.3 is 23.8 Å². The minimum atomic E-state index is -0.869. The zero-order valence-electron chi connectivity index (χ0n) is 17.7. The molecule has 0 spiro atoms. The van der Waals surface area contributed by atoms with Gasteiger partial charge in [0.15, 0.2) is 0 Å². The van der Waals surface area contributed by atoms with Crippen LogP contribution in [0.1, 0.15) is 57.7 Å². The lowest BCUT2D eigenvalue weighted by atomic mass is 10.1. The van der Waals surface area contributed by atoms with Crippen molar-refractivity contribution in [3.05, 3.63) is 32.6 Å². The third-order valence-electron chi connectivity index (χ3n) is 4.69. The molecule has 1 N–H and O–H groups in total. The molecule has 1 aliphatic rings. The number of carbonyl (C=O) groups excluding carboxylic acids is 4. The molecule has 11 nitrogen and oxygen atoms in total. The fourth-order valence-corrected chi connectivity index (χ4v) is 2.98. The normalized spacial score (nSPS) is 20.3. The minimum Gasteiger partial charge on any atom is -0.463 e. The second kappa shape index (κ2) is 10.8. The Morgan fingerprint density at radius 2 is 1.68 bits per heavy atom. The van der Waals surface area contributed by atoms with E-state index in [4.69, 9.17) is 14.2 Å². The van der Waals surface area contributed by atoms with E-state index in [1.54, 1.807) is 0 Å². The molecule has 1 aromatic heterocycles. The van der Waals surface area contributed by atoms with Crippen molar-refractivity contribution in [3.63, 3.8) is 0 Å². The molecule has 1 aromatic rings. The summed E-state index contributed by atoms with van der Waals surface area (Å²) >= 11 is 0. The maximum Gasteiger partial charge on any atom is 0.330 e. The van der Waals surface area contributed by atoms with Gasteiger partial charge in [-0.2, -0.15) is 0 Å². The Morgan fingerprint density at radius 1 is 1.06 bits per heavy atom. The summed E-state index contributed by atoms with van der Waals surface area (Å²) in [4.78, 5) is 72.0. The minimum absolute atomic E-state index is 0.0269. The van der Waals surface area contributed by atoms with Crippen LogP contribution in [-0.4, -0.2) is 51.9 Å². The predicted octanol–water partition coefficient (Wildman–Crippen LogP) is 0.326. The Hall–Kier alpha value is -3.08. The van der Waals surface area contributed by atoms with E-state index in [0.717, 1.165) is 0 Å². The summed E-state index contributed by atoms with van der Waals surface area (Å²) in [6, 6.07) is 0. The van der Waals surface area contributed by atoms with Crippen LogP contribution >= 0.6 is 0 Å². The van der Waals surface area contributed by atoms with Crippen LogP contribution in [0.5, 0.6) is 0 Å². The van der Waals surface area contributed by atoms with Crippen molar-refractivity contribution in [1.29, 1.82) is 0 Å². The number of Topliss-reactive ketones (excluding diaryl/α,β-unsaturated/α-hetero) is 2. The van der Waals surface area contributed by atoms with Crippen molar-refractivity contribution in [2.45, 2.75) is 71.3 Å². The fraction of sp³-hybridized carbons (Fsp3) is 0.600.